The number of ether oxygens (including phenoxy) is 6. The fourth-order valence-electron chi connectivity index (χ4n) is 3.62. The van der Waals surface area contributed by atoms with E-state index in [2.05, 4.69) is 0 Å². The molecule has 2 rings (SSSR count). The lowest BCUT2D eigenvalue weighted by Gasteiger charge is -2.43. The maximum absolute atomic E-state index is 12.5. The molecule has 0 aliphatic carbocycles. The maximum Gasteiger partial charge on any atom is 0.339 e. The molecule has 0 aromatic heterocycles. The second kappa shape index (κ2) is 14.1. The number of benzene rings is 1. The summed E-state index contributed by atoms with van der Waals surface area (Å²) in [7, 11) is 1.11. The first-order chi connectivity index (χ1) is 17.1. The Morgan fingerprint density at radius 2 is 1.33 bits per heavy atom. The number of methoxy groups -OCH3 is 1. The minimum atomic E-state index is -1.54. The van der Waals surface area contributed by atoms with Crippen LogP contribution in [0, 0.1) is 0 Å². The van der Waals surface area contributed by atoms with E-state index in [0.717, 1.165) is 33.6 Å². The molecule has 36 heavy (non-hydrogen) atoms. The van der Waals surface area contributed by atoms with Crippen LogP contribution in [0.5, 0.6) is 5.75 Å². The van der Waals surface area contributed by atoms with Crippen LogP contribution in [-0.2, 0) is 42.9 Å². The summed E-state index contributed by atoms with van der Waals surface area (Å²) in [5, 5.41) is 0. The van der Waals surface area contributed by atoms with E-state index in [1.807, 2.05) is 4.90 Å². The monoisotopic (exact) mass is 549 g/mol. The van der Waals surface area contributed by atoms with Crippen molar-refractivity contribution in [2.24, 2.45) is 0 Å². The quantitative estimate of drug-likeness (QED) is 0.228. The third kappa shape index (κ3) is 8.14. The molecule has 1 aliphatic rings. The number of hydrogen-bond donors (Lipinski definition) is 0. The molecule has 0 bridgehead atoms. The summed E-state index contributed by atoms with van der Waals surface area (Å²) in [5.74, 6) is -2.13. The topological polar surface area (TPSA) is 127 Å². The van der Waals surface area contributed by atoms with Gasteiger partial charge in [-0.3, -0.25) is 14.4 Å². The van der Waals surface area contributed by atoms with Crippen molar-refractivity contribution in [3.63, 3.8) is 0 Å². The van der Waals surface area contributed by atoms with Gasteiger partial charge in [0.2, 0.25) is 12.4 Å². The number of carbonyl (C=O) groups excluding carboxylic acids is 4. The van der Waals surface area contributed by atoms with Crippen molar-refractivity contribution in [1.82, 2.24) is 0 Å². The van der Waals surface area contributed by atoms with Crippen molar-refractivity contribution in [1.29, 1.82) is 0 Å². The molecule has 1 aromatic carbocycles. The van der Waals surface area contributed by atoms with Crippen molar-refractivity contribution in [3.8, 4) is 5.75 Å². The van der Waals surface area contributed by atoms with Crippen molar-refractivity contribution < 1.29 is 47.6 Å². The normalized spacial score (nSPS) is 23.2. The van der Waals surface area contributed by atoms with E-state index in [0.29, 0.717) is 24.8 Å². The van der Waals surface area contributed by atoms with Crippen molar-refractivity contribution >= 4 is 52.8 Å². The van der Waals surface area contributed by atoms with Gasteiger partial charge in [0, 0.05) is 51.3 Å². The number of esters is 4. The third-order valence-electron chi connectivity index (χ3n) is 5.00. The van der Waals surface area contributed by atoms with Crippen molar-refractivity contribution in [3.05, 3.63) is 24.3 Å². The standard InChI is InChI=1S/C23H29Cl2NO10/c1-13(27)32-18-19(33-14(2)28)21(34-15(3)29)23(36-20(18)22(30)31-4)35-17-7-5-16(6-8-17)26(11-9-24)12-10-25/h5-8,18-21,23H,9-12H2,1-4H3/t18-,19+,20+,21+,23-/m0/s1. The van der Waals surface area contributed by atoms with E-state index < -0.39 is 54.6 Å². The molecule has 1 heterocycles. The number of alkyl halides is 2. The van der Waals surface area contributed by atoms with Gasteiger partial charge < -0.3 is 33.3 Å². The number of carbonyl (C=O) groups is 4. The highest BCUT2D eigenvalue weighted by Gasteiger charge is 2.55. The first-order valence-corrected chi connectivity index (χ1v) is 12.1. The van der Waals surface area contributed by atoms with Crippen LogP contribution in [0.15, 0.2) is 24.3 Å². The van der Waals surface area contributed by atoms with Gasteiger partial charge in [0.25, 0.3) is 0 Å². The Morgan fingerprint density at radius 1 is 0.833 bits per heavy atom. The van der Waals surface area contributed by atoms with Gasteiger partial charge in [0.05, 0.1) is 7.11 Å². The fraction of sp³-hybridized carbons (Fsp3) is 0.565. The molecule has 1 aromatic rings. The molecule has 13 heteroatoms. The van der Waals surface area contributed by atoms with E-state index in [9.17, 15) is 19.2 Å². The molecule has 1 aliphatic heterocycles. The molecule has 5 atom stereocenters. The Balaban J connectivity index is 2.41. The molecule has 0 amide bonds. The molecular formula is C23H29Cl2NO10. The highest BCUT2D eigenvalue weighted by atomic mass is 35.5. The zero-order valence-corrected chi connectivity index (χ0v) is 21.8. The van der Waals surface area contributed by atoms with E-state index >= 15 is 0 Å². The smallest absolute Gasteiger partial charge is 0.339 e. The minimum Gasteiger partial charge on any atom is -0.467 e. The third-order valence-corrected chi connectivity index (χ3v) is 5.34. The van der Waals surface area contributed by atoms with Crippen molar-refractivity contribution in [2.45, 2.75) is 51.5 Å². The van der Waals surface area contributed by atoms with Crippen LogP contribution in [0.4, 0.5) is 5.69 Å². The number of halogens is 2. The van der Waals surface area contributed by atoms with E-state index in [1.165, 1.54) is 0 Å². The molecule has 0 N–H and O–H groups in total. The highest BCUT2D eigenvalue weighted by molar-refractivity contribution is 6.18. The lowest BCUT2D eigenvalue weighted by molar-refractivity contribution is -0.282. The molecule has 1 saturated heterocycles. The number of rotatable bonds is 11. The molecule has 0 saturated carbocycles. The van der Waals surface area contributed by atoms with Crippen LogP contribution in [0.3, 0.4) is 0 Å². The Hall–Kier alpha value is -2.76. The fourth-order valence-corrected chi connectivity index (χ4v) is 4.03. The molecule has 11 nitrogen and oxygen atoms in total. The zero-order chi connectivity index (χ0) is 26.8. The van der Waals surface area contributed by atoms with Crippen LogP contribution in [0.1, 0.15) is 20.8 Å². The molecule has 1 fully saturated rings. The van der Waals surface area contributed by atoms with Crippen LogP contribution < -0.4 is 9.64 Å². The zero-order valence-electron chi connectivity index (χ0n) is 20.3. The summed E-state index contributed by atoms with van der Waals surface area (Å²) in [6.45, 7) is 4.50. The number of anilines is 1. The molecule has 0 radical (unpaired) electrons. The lowest BCUT2D eigenvalue weighted by atomic mass is 9.97. The van der Waals surface area contributed by atoms with Crippen LogP contribution in [-0.4, -0.2) is 86.5 Å². The first-order valence-electron chi connectivity index (χ1n) is 11.0. The summed E-state index contributed by atoms with van der Waals surface area (Å²) in [6.07, 6.45) is -7.25. The van der Waals surface area contributed by atoms with Gasteiger partial charge in [-0.1, -0.05) is 0 Å². The second-order valence-corrected chi connectivity index (χ2v) is 8.40. The predicted octanol–water partition coefficient (Wildman–Crippen LogP) is 2.04. The van der Waals surface area contributed by atoms with Gasteiger partial charge in [-0.2, -0.15) is 0 Å². The van der Waals surface area contributed by atoms with Gasteiger partial charge in [-0.15, -0.1) is 23.2 Å². The predicted molar refractivity (Wildman–Crippen MR) is 128 cm³/mol. The minimum absolute atomic E-state index is 0.286. The Labute approximate surface area is 218 Å². The van der Waals surface area contributed by atoms with Gasteiger partial charge in [0.15, 0.2) is 18.3 Å². The Bertz CT molecular complexity index is 907. The molecular weight excluding hydrogens is 521 g/mol. The van der Waals surface area contributed by atoms with Crippen LogP contribution >= 0.6 is 23.2 Å². The maximum atomic E-state index is 12.5. The molecule has 0 unspecified atom stereocenters. The van der Waals surface area contributed by atoms with Gasteiger partial charge >= 0.3 is 23.9 Å². The SMILES string of the molecule is COC(=O)[C@@H]1O[C@H](Oc2ccc(N(CCCl)CCCl)cc2)[C@H](OC(C)=O)[C@H](OC(C)=O)[C@@H]1OC(C)=O. The number of nitrogens with zero attached hydrogens (tertiary/aromatic N) is 1. The lowest BCUT2D eigenvalue weighted by Crippen LogP contribution is -2.64. The second-order valence-electron chi connectivity index (χ2n) is 7.65. The summed E-state index contributed by atoms with van der Waals surface area (Å²) in [4.78, 5) is 50.0. The van der Waals surface area contributed by atoms with Gasteiger partial charge in [0.1, 0.15) is 5.75 Å². The Morgan fingerprint density at radius 3 is 1.81 bits per heavy atom. The molecule has 200 valence electrons. The van der Waals surface area contributed by atoms with E-state index in [1.54, 1.807) is 24.3 Å². The largest absolute Gasteiger partial charge is 0.467 e. The summed E-state index contributed by atoms with van der Waals surface area (Å²) in [6, 6.07) is 6.79. The number of hydrogen-bond acceptors (Lipinski definition) is 11. The summed E-state index contributed by atoms with van der Waals surface area (Å²) >= 11 is 11.7. The summed E-state index contributed by atoms with van der Waals surface area (Å²) in [5.41, 5.74) is 0.838. The van der Waals surface area contributed by atoms with Crippen molar-refractivity contribution in [2.75, 3.05) is 36.9 Å². The first kappa shape index (κ1) is 29.5. The summed E-state index contributed by atoms with van der Waals surface area (Å²) < 4.78 is 32.3. The average molecular weight is 550 g/mol. The Kier molecular flexibility index (Phi) is 11.5. The van der Waals surface area contributed by atoms with Gasteiger partial charge in [-0.25, -0.2) is 4.79 Å². The van der Waals surface area contributed by atoms with Gasteiger partial charge in [-0.05, 0) is 24.3 Å². The van der Waals surface area contributed by atoms with E-state index in [-0.39, 0.29) is 5.75 Å². The van der Waals surface area contributed by atoms with Crippen LogP contribution in [0.2, 0.25) is 0 Å². The average Bonchev–Trinajstić information content (AvgIpc) is 2.81. The van der Waals surface area contributed by atoms with E-state index in [4.69, 9.17) is 51.6 Å². The molecule has 0 spiro atoms. The van der Waals surface area contributed by atoms with Crippen LogP contribution in [0.25, 0.3) is 0 Å². The highest BCUT2D eigenvalue weighted by Crippen LogP contribution is 2.31.